The molecule has 0 fully saturated rings. The van der Waals surface area contributed by atoms with Crippen molar-refractivity contribution >= 4 is 6.08 Å². The monoisotopic (exact) mass is 228 g/mol. The van der Waals surface area contributed by atoms with E-state index in [1.807, 2.05) is 0 Å². The third-order valence-corrected chi connectivity index (χ3v) is 2.27. The molecule has 1 aliphatic rings. The van der Waals surface area contributed by atoms with Crippen molar-refractivity contribution < 1.29 is 23.0 Å². The van der Waals surface area contributed by atoms with E-state index in [0.29, 0.717) is 11.1 Å². The van der Waals surface area contributed by atoms with Gasteiger partial charge in [-0.2, -0.15) is 0 Å². The van der Waals surface area contributed by atoms with E-state index in [9.17, 15) is 8.78 Å². The Morgan fingerprint density at radius 3 is 2.56 bits per heavy atom. The quantitative estimate of drug-likeness (QED) is 0.778. The first-order valence-electron chi connectivity index (χ1n) is 4.58. The normalized spacial score (nSPS) is 16.0. The first-order valence-corrected chi connectivity index (χ1v) is 4.58. The topological polar surface area (TPSA) is 27.7 Å². The molecule has 0 amide bonds. The van der Waals surface area contributed by atoms with E-state index in [1.165, 1.54) is 13.2 Å². The van der Waals surface area contributed by atoms with Gasteiger partial charge in [0.25, 0.3) is 0 Å². The van der Waals surface area contributed by atoms with Crippen molar-refractivity contribution in [3.05, 3.63) is 23.8 Å². The van der Waals surface area contributed by atoms with Gasteiger partial charge in [0.05, 0.1) is 7.11 Å². The van der Waals surface area contributed by atoms with Crippen molar-refractivity contribution in [2.75, 3.05) is 7.11 Å². The fraction of sp³-hybridized carbons (Fsp3) is 0.273. The molecule has 0 aliphatic carbocycles. The minimum atomic E-state index is -3.65. The van der Waals surface area contributed by atoms with E-state index >= 15 is 0 Å². The van der Waals surface area contributed by atoms with Crippen LogP contribution in [-0.4, -0.2) is 13.4 Å². The standard InChI is InChI=1S/C11H10F2O3/c1-4-7-5-6(2)8(14-3)10-9(7)15-11(12,13)16-10/h4-5H,1H2,2-3H3. The number of hydrogen-bond donors (Lipinski definition) is 0. The SMILES string of the molecule is C=Cc1cc(C)c(OC)c2c1OC(F)(F)O2. The molecule has 1 aliphatic heterocycles. The average Bonchev–Trinajstić information content (AvgIpc) is 2.52. The number of halogens is 2. The Hall–Kier alpha value is -1.78. The van der Waals surface area contributed by atoms with Crippen molar-refractivity contribution in [2.24, 2.45) is 0 Å². The number of hydrogen-bond acceptors (Lipinski definition) is 3. The zero-order valence-corrected chi connectivity index (χ0v) is 8.84. The van der Waals surface area contributed by atoms with E-state index in [-0.39, 0.29) is 17.2 Å². The highest BCUT2D eigenvalue weighted by Gasteiger charge is 2.46. The van der Waals surface area contributed by atoms with E-state index in [2.05, 4.69) is 16.1 Å². The van der Waals surface area contributed by atoms with Crippen LogP contribution in [0.2, 0.25) is 0 Å². The van der Waals surface area contributed by atoms with Gasteiger partial charge in [-0.1, -0.05) is 12.7 Å². The van der Waals surface area contributed by atoms with Gasteiger partial charge in [-0.05, 0) is 18.6 Å². The molecule has 0 saturated heterocycles. The van der Waals surface area contributed by atoms with Crippen molar-refractivity contribution in [1.29, 1.82) is 0 Å². The van der Waals surface area contributed by atoms with Crippen molar-refractivity contribution in [2.45, 2.75) is 13.2 Å². The summed E-state index contributed by atoms with van der Waals surface area (Å²) >= 11 is 0. The summed E-state index contributed by atoms with van der Waals surface area (Å²) in [5.74, 6) is 0.127. The lowest BCUT2D eigenvalue weighted by Gasteiger charge is -2.09. The molecule has 0 bridgehead atoms. The predicted octanol–water partition coefficient (Wildman–Crippen LogP) is 2.97. The number of aryl methyl sites for hydroxylation is 1. The van der Waals surface area contributed by atoms with Crippen LogP contribution in [0.5, 0.6) is 17.2 Å². The van der Waals surface area contributed by atoms with Crippen LogP contribution in [0.1, 0.15) is 11.1 Å². The van der Waals surface area contributed by atoms with E-state index in [1.54, 1.807) is 13.0 Å². The minimum Gasteiger partial charge on any atom is -0.492 e. The second kappa shape index (κ2) is 3.37. The van der Waals surface area contributed by atoms with Gasteiger partial charge < -0.3 is 14.2 Å². The van der Waals surface area contributed by atoms with Gasteiger partial charge in [0.15, 0.2) is 11.5 Å². The summed E-state index contributed by atoms with van der Waals surface area (Å²) in [4.78, 5) is 0. The predicted molar refractivity (Wildman–Crippen MR) is 54.0 cm³/mol. The Morgan fingerprint density at radius 2 is 2.00 bits per heavy atom. The van der Waals surface area contributed by atoms with Crippen molar-refractivity contribution in [3.63, 3.8) is 0 Å². The summed E-state index contributed by atoms with van der Waals surface area (Å²) in [5.41, 5.74) is 1.13. The Balaban J connectivity index is 2.65. The van der Waals surface area contributed by atoms with Crippen LogP contribution in [0.3, 0.4) is 0 Å². The van der Waals surface area contributed by atoms with Crippen molar-refractivity contribution in [1.82, 2.24) is 0 Å². The maximum atomic E-state index is 13.0. The summed E-state index contributed by atoms with van der Waals surface area (Å²) in [6.45, 7) is 5.26. The van der Waals surface area contributed by atoms with Gasteiger partial charge in [-0.25, -0.2) is 0 Å². The molecule has 0 atom stereocenters. The molecule has 2 rings (SSSR count). The van der Waals surface area contributed by atoms with Crippen LogP contribution in [0.15, 0.2) is 12.6 Å². The molecule has 0 aromatic heterocycles. The summed E-state index contributed by atoms with van der Waals surface area (Å²) in [5, 5.41) is 0. The van der Waals surface area contributed by atoms with Crippen LogP contribution < -0.4 is 14.2 Å². The first-order chi connectivity index (χ1) is 7.48. The largest absolute Gasteiger partial charge is 0.586 e. The van der Waals surface area contributed by atoms with E-state index < -0.39 is 6.29 Å². The van der Waals surface area contributed by atoms with Crippen LogP contribution in [0.25, 0.3) is 6.08 Å². The molecule has 1 aromatic rings. The average molecular weight is 228 g/mol. The van der Waals surface area contributed by atoms with Gasteiger partial charge >= 0.3 is 6.29 Å². The molecule has 0 spiro atoms. The minimum absolute atomic E-state index is 0.0394. The number of fused-ring (bicyclic) bond motifs is 1. The summed E-state index contributed by atoms with van der Waals surface area (Å²) < 4.78 is 39.8. The lowest BCUT2D eigenvalue weighted by atomic mass is 10.1. The molecule has 1 heterocycles. The highest BCUT2D eigenvalue weighted by atomic mass is 19.3. The Morgan fingerprint density at radius 1 is 1.38 bits per heavy atom. The molecule has 16 heavy (non-hydrogen) atoms. The smallest absolute Gasteiger partial charge is 0.492 e. The third kappa shape index (κ3) is 1.48. The third-order valence-electron chi connectivity index (χ3n) is 2.27. The molecule has 86 valence electrons. The fourth-order valence-corrected chi connectivity index (χ4v) is 1.64. The Bertz CT molecular complexity index is 455. The molecule has 0 unspecified atom stereocenters. The number of ether oxygens (including phenoxy) is 3. The molecular weight excluding hydrogens is 218 g/mol. The van der Waals surface area contributed by atoms with Gasteiger partial charge in [0.2, 0.25) is 5.75 Å². The van der Waals surface area contributed by atoms with Gasteiger partial charge in [-0.3, -0.25) is 0 Å². The molecular formula is C11H10F2O3. The van der Waals surface area contributed by atoms with E-state index in [4.69, 9.17) is 4.74 Å². The summed E-state index contributed by atoms with van der Waals surface area (Å²) in [7, 11) is 1.38. The Labute approximate surface area is 91.2 Å². The number of rotatable bonds is 2. The molecule has 3 nitrogen and oxygen atoms in total. The zero-order valence-electron chi connectivity index (χ0n) is 8.84. The number of methoxy groups -OCH3 is 1. The molecule has 5 heteroatoms. The molecule has 1 aromatic carbocycles. The van der Waals surface area contributed by atoms with Gasteiger partial charge in [-0.15, -0.1) is 8.78 Å². The zero-order chi connectivity index (χ0) is 11.9. The second-order valence-corrected chi connectivity index (χ2v) is 3.35. The van der Waals surface area contributed by atoms with Crippen LogP contribution in [-0.2, 0) is 0 Å². The number of benzene rings is 1. The summed E-state index contributed by atoms with van der Waals surface area (Å²) in [6.07, 6.45) is -2.22. The highest BCUT2D eigenvalue weighted by Crippen LogP contribution is 2.50. The molecule has 0 radical (unpaired) electrons. The lowest BCUT2D eigenvalue weighted by molar-refractivity contribution is -0.287. The maximum Gasteiger partial charge on any atom is 0.586 e. The van der Waals surface area contributed by atoms with Crippen LogP contribution in [0.4, 0.5) is 8.78 Å². The fourth-order valence-electron chi connectivity index (χ4n) is 1.64. The number of alkyl halides is 2. The Kier molecular flexibility index (Phi) is 2.26. The second-order valence-electron chi connectivity index (χ2n) is 3.35. The lowest BCUT2D eigenvalue weighted by Crippen LogP contribution is -2.26. The maximum absolute atomic E-state index is 13.0. The van der Waals surface area contributed by atoms with Gasteiger partial charge in [0.1, 0.15) is 0 Å². The van der Waals surface area contributed by atoms with Crippen molar-refractivity contribution in [3.8, 4) is 17.2 Å². The summed E-state index contributed by atoms with van der Waals surface area (Å²) in [6, 6.07) is 1.65. The van der Waals surface area contributed by atoms with E-state index in [0.717, 1.165) is 0 Å². The van der Waals surface area contributed by atoms with Crippen LogP contribution in [0, 0.1) is 6.92 Å². The van der Waals surface area contributed by atoms with Gasteiger partial charge in [0, 0.05) is 5.56 Å². The first kappa shape index (κ1) is 10.7. The van der Waals surface area contributed by atoms with Crippen LogP contribution >= 0.6 is 0 Å². The highest BCUT2D eigenvalue weighted by molar-refractivity contribution is 5.69. The molecule has 0 saturated carbocycles. The molecule has 0 N–H and O–H groups in total.